The van der Waals surface area contributed by atoms with Crippen LogP contribution in [0.5, 0.6) is 5.75 Å². The fourth-order valence-corrected chi connectivity index (χ4v) is 2.64. The van der Waals surface area contributed by atoms with Gasteiger partial charge in [-0.25, -0.2) is 5.43 Å². The molecule has 0 aliphatic carbocycles. The number of nitrogens with zero attached hydrogens (tertiary/aromatic N) is 1. The molecule has 0 saturated carbocycles. The molecule has 0 aliphatic rings. The second kappa shape index (κ2) is 9.94. The molecule has 8 heteroatoms. The molecule has 0 atom stereocenters. The summed E-state index contributed by atoms with van der Waals surface area (Å²) in [5, 5.41) is 6.79. The van der Waals surface area contributed by atoms with Gasteiger partial charge in [0.2, 0.25) is 0 Å². The number of rotatable bonds is 6. The van der Waals surface area contributed by atoms with Crippen molar-refractivity contribution in [2.45, 2.75) is 13.5 Å². The third-order valence-electron chi connectivity index (χ3n) is 3.22. The zero-order valence-electron chi connectivity index (χ0n) is 14.0. The Balaban J connectivity index is 1.94. The maximum absolute atomic E-state index is 11.4. The van der Waals surface area contributed by atoms with Crippen molar-refractivity contribution < 1.29 is 14.3 Å². The summed E-state index contributed by atoms with van der Waals surface area (Å²) in [6, 6.07) is 12.8. The second-order valence-electron chi connectivity index (χ2n) is 5.13. The van der Waals surface area contributed by atoms with Crippen molar-refractivity contribution in [1.29, 1.82) is 0 Å². The van der Waals surface area contributed by atoms with Crippen molar-refractivity contribution in [3.63, 3.8) is 0 Å². The Labute approximate surface area is 164 Å². The van der Waals surface area contributed by atoms with Crippen LogP contribution in [0.25, 0.3) is 0 Å². The first kappa shape index (κ1) is 19.9. The summed E-state index contributed by atoms with van der Waals surface area (Å²) in [5.74, 6) is -0.899. The van der Waals surface area contributed by atoms with E-state index >= 15 is 0 Å². The van der Waals surface area contributed by atoms with Gasteiger partial charge in [-0.1, -0.05) is 29.8 Å². The average molecular weight is 439 g/mol. The van der Waals surface area contributed by atoms with Gasteiger partial charge >= 0.3 is 11.8 Å². The number of benzene rings is 2. The lowest BCUT2D eigenvalue weighted by Crippen LogP contribution is -2.37. The number of hydrogen-bond donors (Lipinski definition) is 2. The van der Waals surface area contributed by atoms with Crippen LogP contribution in [0, 0.1) is 0 Å². The average Bonchev–Trinajstić information content (AvgIpc) is 2.62. The Morgan fingerprint density at radius 3 is 2.69 bits per heavy atom. The maximum Gasteiger partial charge on any atom is 0.329 e. The first-order valence-corrected chi connectivity index (χ1v) is 8.95. The van der Waals surface area contributed by atoms with E-state index in [4.69, 9.17) is 16.3 Å². The highest BCUT2D eigenvalue weighted by Crippen LogP contribution is 2.27. The predicted octanol–water partition coefficient (Wildman–Crippen LogP) is 3.27. The standard InChI is InChI=1S/C18H17BrClN3O3/c1-2-21-17(24)18(25)23-22-10-12-7-8-16(14(19)9-12)26-11-13-5-3-4-6-15(13)20/h3-10H,2,11H2,1H3,(H,21,24)(H,23,25)/b22-10-. The van der Waals surface area contributed by atoms with Gasteiger partial charge in [0.15, 0.2) is 0 Å². The normalized spacial score (nSPS) is 10.6. The Bertz CT molecular complexity index is 827. The van der Waals surface area contributed by atoms with Crippen LogP contribution >= 0.6 is 27.5 Å². The van der Waals surface area contributed by atoms with Crippen molar-refractivity contribution in [2.24, 2.45) is 5.10 Å². The van der Waals surface area contributed by atoms with Crippen molar-refractivity contribution >= 4 is 45.6 Å². The number of hydrazone groups is 1. The summed E-state index contributed by atoms with van der Waals surface area (Å²) in [6.07, 6.45) is 1.43. The summed E-state index contributed by atoms with van der Waals surface area (Å²) in [7, 11) is 0. The lowest BCUT2D eigenvalue weighted by molar-refractivity contribution is -0.139. The summed E-state index contributed by atoms with van der Waals surface area (Å²) >= 11 is 9.54. The molecule has 2 amide bonds. The van der Waals surface area contributed by atoms with Crippen molar-refractivity contribution in [1.82, 2.24) is 10.7 Å². The third kappa shape index (κ3) is 5.86. The molecule has 0 aliphatic heterocycles. The second-order valence-corrected chi connectivity index (χ2v) is 6.39. The number of ether oxygens (including phenoxy) is 1. The molecule has 26 heavy (non-hydrogen) atoms. The highest BCUT2D eigenvalue weighted by Gasteiger charge is 2.10. The van der Waals surface area contributed by atoms with E-state index in [1.54, 1.807) is 25.1 Å². The molecular weight excluding hydrogens is 422 g/mol. The van der Waals surface area contributed by atoms with Gasteiger partial charge in [0, 0.05) is 17.1 Å². The van der Waals surface area contributed by atoms with Gasteiger partial charge in [0.25, 0.3) is 0 Å². The fourth-order valence-electron chi connectivity index (χ4n) is 1.94. The minimum Gasteiger partial charge on any atom is -0.488 e. The number of likely N-dealkylation sites (N-methyl/N-ethyl adjacent to an activating group) is 1. The number of carbonyl (C=O) groups is 2. The summed E-state index contributed by atoms with van der Waals surface area (Å²) < 4.78 is 6.49. The smallest absolute Gasteiger partial charge is 0.329 e. The van der Waals surface area contributed by atoms with Gasteiger partial charge in [0.05, 0.1) is 10.7 Å². The van der Waals surface area contributed by atoms with Crippen LogP contribution in [-0.4, -0.2) is 24.6 Å². The minimum atomic E-state index is -0.818. The van der Waals surface area contributed by atoms with E-state index in [9.17, 15) is 9.59 Å². The van der Waals surface area contributed by atoms with Gasteiger partial charge < -0.3 is 10.1 Å². The molecule has 0 spiro atoms. The zero-order chi connectivity index (χ0) is 18.9. The predicted molar refractivity (Wildman–Crippen MR) is 104 cm³/mol. The molecule has 136 valence electrons. The van der Waals surface area contributed by atoms with Crippen LogP contribution in [0.15, 0.2) is 52.0 Å². The number of carbonyl (C=O) groups excluding carboxylic acids is 2. The van der Waals surface area contributed by atoms with E-state index in [-0.39, 0.29) is 0 Å². The highest BCUT2D eigenvalue weighted by atomic mass is 79.9. The highest BCUT2D eigenvalue weighted by molar-refractivity contribution is 9.10. The number of halogens is 2. The van der Waals surface area contributed by atoms with E-state index in [0.717, 1.165) is 15.6 Å². The Hall–Kier alpha value is -2.38. The van der Waals surface area contributed by atoms with Crippen molar-refractivity contribution in [3.8, 4) is 5.75 Å². The zero-order valence-corrected chi connectivity index (χ0v) is 16.3. The summed E-state index contributed by atoms with van der Waals surface area (Å²) in [5.41, 5.74) is 3.77. The van der Waals surface area contributed by atoms with E-state index < -0.39 is 11.8 Å². The van der Waals surface area contributed by atoms with Crippen LogP contribution in [0.3, 0.4) is 0 Å². The topological polar surface area (TPSA) is 79.8 Å². The van der Waals surface area contributed by atoms with E-state index in [1.807, 2.05) is 24.3 Å². The molecule has 6 nitrogen and oxygen atoms in total. The molecule has 0 fully saturated rings. The van der Waals surface area contributed by atoms with Gasteiger partial charge in [0.1, 0.15) is 12.4 Å². The van der Waals surface area contributed by atoms with Crippen LogP contribution in [0.4, 0.5) is 0 Å². The molecule has 2 aromatic carbocycles. The maximum atomic E-state index is 11.4. The van der Waals surface area contributed by atoms with Crippen LogP contribution in [0.2, 0.25) is 5.02 Å². The molecule has 0 unspecified atom stereocenters. The molecule has 2 N–H and O–H groups in total. The third-order valence-corrected chi connectivity index (χ3v) is 4.21. The van der Waals surface area contributed by atoms with Crippen LogP contribution in [0.1, 0.15) is 18.1 Å². The van der Waals surface area contributed by atoms with Crippen molar-refractivity contribution in [2.75, 3.05) is 6.54 Å². The molecule has 0 saturated heterocycles. The number of amides is 2. The SMILES string of the molecule is CCNC(=O)C(=O)N/N=C\c1ccc(OCc2ccccc2Cl)c(Br)c1. The number of nitrogens with one attached hydrogen (secondary N) is 2. The van der Waals surface area contributed by atoms with Crippen molar-refractivity contribution in [3.05, 3.63) is 63.1 Å². The molecule has 0 radical (unpaired) electrons. The van der Waals surface area contributed by atoms with Gasteiger partial charge in [-0.2, -0.15) is 5.10 Å². The Morgan fingerprint density at radius 1 is 1.23 bits per heavy atom. The first-order valence-electron chi connectivity index (χ1n) is 7.78. The molecule has 2 aromatic rings. The van der Waals surface area contributed by atoms with E-state index in [0.29, 0.717) is 23.9 Å². The monoisotopic (exact) mass is 437 g/mol. The van der Waals surface area contributed by atoms with E-state index in [1.165, 1.54) is 6.21 Å². The van der Waals surface area contributed by atoms with Gasteiger partial charge in [-0.3, -0.25) is 9.59 Å². The quantitative estimate of drug-likeness (QED) is 0.413. The van der Waals surface area contributed by atoms with E-state index in [2.05, 4.69) is 31.8 Å². The Kier molecular flexibility index (Phi) is 7.62. The van der Waals surface area contributed by atoms with Gasteiger partial charge in [-0.05, 0) is 52.7 Å². The first-order chi connectivity index (χ1) is 12.5. The summed E-state index contributed by atoms with van der Waals surface area (Å²) in [4.78, 5) is 22.7. The Morgan fingerprint density at radius 2 is 2.00 bits per heavy atom. The largest absolute Gasteiger partial charge is 0.488 e. The van der Waals surface area contributed by atoms with Gasteiger partial charge in [-0.15, -0.1) is 0 Å². The molecule has 0 aromatic heterocycles. The lowest BCUT2D eigenvalue weighted by Gasteiger charge is -2.10. The summed E-state index contributed by atoms with van der Waals surface area (Å²) in [6.45, 7) is 2.44. The molecule has 0 bridgehead atoms. The fraction of sp³-hybridized carbons (Fsp3) is 0.167. The minimum absolute atomic E-state index is 0.342. The molecule has 2 rings (SSSR count). The molecule has 0 heterocycles. The van der Waals surface area contributed by atoms with Crippen LogP contribution < -0.4 is 15.5 Å². The number of hydrogen-bond acceptors (Lipinski definition) is 4. The lowest BCUT2D eigenvalue weighted by atomic mass is 10.2. The van der Waals surface area contributed by atoms with Crippen LogP contribution in [-0.2, 0) is 16.2 Å². The molecular formula is C18H17BrClN3O3.